The molecule has 0 spiro atoms. The zero-order valence-electron chi connectivity index (χ0n) is 14.5. The number of benzene rings is 1. The van der Waals surface area contributed by atoms with Crippen molar-refractivity contribution >= 4 is 28.3 Å². The summed E-state index contributed by atoms with van der Waals surface area (Å²) in [5.74, 6) is 0.689. The first-order chi connectivity index (χ1) is 12.6. The van der Waals surface area contributed by atoms with E-state index in [4.69, 9.17) is 4.74 Å². The molecule has 134 valence electrons. The van der Waals surface area contributed by atoms with Crippen LogP contribution < -0.4 is 10.1 Å². The lowest BCUT2D eigenvalue weighted by Gasteiger charge is -2.19. The van der Waals surface area contributed by atoms with Crippen LogP contribution in [0.15, 0.2) is 30.3 Å². The molecule has 1 heterocycles. The number of carbonyl (C=O) groups is 1. The highest BCUT2D eigenvalue weighted by atomic mass is 32.1. The molecule has 1 aromatic heterocycles. The third-order valence-electron chi connectivity index (χ3n) is 4.50. The van der Waals surface area contributed by atoms with Gasteiger partial charge in [-0.2, -0.15) is 5.26 Å². The smallest absolute Gasteiger partial charge is 0.249 e. The minimum absolute atomic E-state index is 0.157. The van der Waals surface area contributed by atoms with Crippen LogP contribution in [0, 0.1) is 17.2 Å². The number of carbonyl (C=O) groups excluding carboxylic acids is 1. The number of hydrogen-bond donors (Lipinski definition) is 2. The van der Waals surface area contributed by atoms with Crippen LogP contribution in [0.25, 0.3) is 6.08 Å². The van der Waals surface area contributed by atoms with Crippen LogP contribution >= 0.6 is 11.3 Å². The fourth-order valence-corrected chi connectivity index (χ4v) is 4.40. The van der Waals surface area contributed by atoms with Crippen LogP contribution in [-0.4, -0.2) is 24.7 Å². The van der Waals surface area contributed by atoms with E-state index in [9.17, 15) is 15.2 Å². The quantitative estimate of drug-likeness (QED) is 0.793. The molecule has 1 aromatic carbocycles. The van der Waals surface area contributed by atoms with Gasteiger partial charge >= 0.3 is 0 Å². The molecule has 1 aliphatic carbocycles. The Morgan fingerprint density at radius 1 is 1.54 bits per heavy atom. The molecule has 1 aliphatic rings. The van der Waals surface area contributed by atoms with Crippen molar-refractivity contribution in [2.75, 3.05) is 19.0 Å². The summed E-state index contributed by atoms with van der Waals surface area (Å²) in [5.41, 5.74) is 2.44. The summed E-state index contributed by atoms with van der Waals surface area (Å²) in [6, 6.07) is 9.64. The lowest BCUT2D eigenvalue weighted by Crippen LogP contribution is -2.16. The van der Waals surface area contributed by atoms with Gasteiger partial charge in [-0.1, -0.05) is 12.1 Å². The summed E-state index contributed by atoms with van der Waals surface area (Å²) < 4.78 is 5.17. The minimum atomic E-state index is -0.276. The molecule has 5 nitrogen and oxygen atoms in total. The maximum Gasteiger partial charge on any atom is 0.249 e. The van der Waals surface area contributed by atoms with E-state index in [0.717, 1.165) is 41.0 Å². The van der Waals surface area contributed by atoms with Crippen LogP contribution in [0.2, 0.25) is 0 Å². The summed E-state index contributed by atoms with van der Waals surface area (Å²) in [4.78, 5) is 13.4. The Balaban J connectivity index is 1.74. The lowest BCUT2D eigenvalue weighted by molar-refractivity contribution is -0.111. The Morgan fingerprint density at radius 2 is 2.38 bits per heavy atom. The fourth-order valence-electron chi connectivity index (χ4n) is 3.09. The van der Waals surface area contributed by atoms with Crippen molar-refractivity contribution in [3.8, 4) is 11.8 Å². The number of aliphatic hydroxyl groups excluding tert-OH is 1. The van der Waals surface area contributed by atoms with Gasteiger partial charge in [-0.15, -0.1) is 11.3 Å². The third kappa shape index (κ3) is 3.96. The van der Waals surface area contributed by atoms with E-state index >= 15 is 0 Å². The Bertz CT molecular complexity index is 880. The van der Waals surface area contributed by atoms with Gasteiger partial charge in [-0.3, -0.25) is 4.79 Å². The van der Waals surface area contributed by atoms with Crippen LogP contribution in [-0.2, 0) is 17.6 Å². The number of rotatable bonds is 5. The number of amides is 1. The van der Waals surface area contributed by atoms with Gasteiger partial charge < -0.3 is 15.2 Å². The normalized spacial score (nSPS) is 16.1. The number of hydrogen-bond acceptors (Lipinski definition) is 5. The molecule has 1 atom stereocenters. The second-order valence-electron chi connectivity index (χ2n) is 6.21. The number of anilines is 1. The molecule has 0 saturated carbocycles. The van der Waals surface area contributed by atoms with Gasteiger partial charge in [0.05, 0.1) is 12.7 Å². The maximum absolute atomic E-state index is 12.3. The molecule has 0 bridgehead atoms. The standard InChI is InChI=1S/C20H20N2O3S/c1-25-15-4-2-3-13(9-15)6-8-19(24)22-20-17(11-21)16-7-5-14(12-23)10-18(16)26-20/h2-4,6,8-9,14,23H,5,7,10,12H2,1H3,(H,22,24). The molecule has 1 amide bonds. The monoisotopic (exact) mass is 368 g/mol. The maximum atomic E-state index is 12.3. The van der Waals surface area contributed by atoms with Crippen molar-refractivity contribution in [2.45, 2.75) is 19.3 Å². The summed E-state index contributed by atoms with van der Waals surface area (Å²) in [6.07, 6.45) is 5.57. The molecule has 2 N–H and O–H groups in total. The van der Waals surface area contributed by atoms with Gasteiger partial charge in [-0.05, 0) is 54.5 Å². The zero-order chi connectivity index (χ0) is 18.5. The predicted octanol–water partition coefficient (Wildman–Crippen LogP) is 3.38. The average Bonchev–Trinajstić information content (AvgIpc) is 3.02. The van der Waals surface area contributed by atoms with E-state index < -0.39 is 0 Å². The summed E-state index contributed by atoms with van der Waals surface area (Å²) >= 11 is 1.44. The number of nitriles is 1. The van der Waals surface area contributed by atoms with Crippen molar-refractivity contribution < 1.29 is 14.6 Å². The van der Waals surface area contributed by atoms with E-state index in [1.807, 2.05) is 24.3 Å². The van der Waals surface area contributed by atoms with Gasteiger partial charge in [0.1, 0.15) is 16.8 Å². The van der Waals surface area contributed by atoms with Gasteiger partial charge in [0.2, 0.25) is 5.91 Å². The molecule has 3 rings (SSSR count). The van der Waals surface area contributed by atoms with Crippen LogP contribution in [0.4, 0.5) is 5.00 Å². The number of aliphatic hydroxyl groups is 1. The van der Waals surface area contributed by atoms with E-state index in [-0.39, 0.29) is 18.4 Å². The van der Waals surface area contributed by atoms with Crippen LogP contribution in [0.5, 0.6) is 5.75 Å². The molecule has 0 saturated heterocycles. The second kappa shape index (κ2) is 8.17. The Hall–Kier alpha value is -2.62. The number of nitrogens with zero attached hydrogens (tertiary/aromatic N) is 1. The molecular formula is C20H20N2O3S. The number of thiophene rings is 1. The Labute approximate surface area is 156 Å². The molecule has 1 unspecified atom stereocenters. The van der Waals surface area contributed by atoms with Crippen molar-refractivity contribution in [1.29, 1.82) is 5.26 Å². The first-order valence-electron chi connectivity index (χ1n) is 8.43. The Kier molecular flexibility index (Phi) is 5.71. The topological polar surface area (TPSA) is 82.3 Å². The first-order valence-corrected chi connectivity index (χ1v) is 9.24. The fraction of sp³-hybridized carbons (Fsp3) is 0.300. The van der Waals surface area contributed by atoms with Crippen molar-refractivity contribution in [3.05, 3.63) is 51.9 Å². The predicted molar refractivity (Wildman–Crippen MR) is 102 cm³/mol. The van der Waals surface area contributed by atoms with Crippen molar-refractivity contribution in [2.24, 2.45) is 5.92 Å². The molecule has 2 aromatic rings. The Morgan fingerprint density at radius 3 is 3.12 bits per heavy atom. The largest absolute Gasteiger partial charge is 0.497 e. The zero-order valence-corrected chi connectivity index (χ0v) is 15.3. The summed E-state index contributed by atoms with van der Waals surface area (Å²) in [6.45, 7) is 0.157. The molecule has 6 heteroatoms. The van der Waals surface area contributed by atoms with E-state index in [2.05, 4.69) is 11.4 Å². The van der Waals surface area contributed by atoms with Gasteiger partial charge in [0, 0.05) is 17.6 Å². The number of methoxy groups -OCH3 is 1. The highest BCUT2D eigenvalue weighted by molar-refractivity contribution is 7.16. The van der Waals surface area contributed by atoms with E-state index in [0.29, 0.717) is 10.6 Å². The minimum Gasteiger partial charge on any atom is -0.497 e. The lowest BCUT2D eigenvalue weighted by atomic mass is 9.88. The van der Waals surface area contributed by atoms with Gasteiger partial charge in [0.15, 0.2) is 0 Å². The van der Waals surface area contributed by atoms with Crippen molar-refractivity contribution in [3.63, 3.8) is 0 Å². The molecule has 26 heavy (non-hydrogen) atoms. The van der Waals surface area contributed by atoms with Gasteiger partial charge in [0.25, 0.3) is 0 Å². The highest BCUT2D eigenvalue weighted by Gasteiger charge is 2.25. The second-order valence-corrected chi connectivity index (χ2v) is 7.32. The molecule has 0 radical (unpaired) electrons. The van der Waals surface area contributed by atoms with Crippen LogP contribution in [0.3, 0.4) is 0 Å². The number of nitrogens with one attached hydrogen (secondary N) is 1. The molecule has 0 fully saturated rings. The average molecular weight is 368 g/mol. The van der Waals surface area contributed by atoms with Crippen molar-refractivity contribution in [1.82, 2.24) is 0 Å². The summed E-state index contributed by atoms with van der Waals surface area (Å²) in [7, 11) is 1.60. The molecular weight excluding hydrogens is 348 g/mol. The first kappa shape index (κ1) is 18.2. The summed E-state index contributed by atoms with van der Waals surface area (Å²) in [5, 5.41) is 22.3. The van der Waals surface area contributed by atoms with E-state index in [1.54, 1.807) is 13.2 Å². The molecule has 0 aliphatic heterocycles. The third-order valence-corrected chi connectivity index (χ3v) is 5.66. The number of fused-ring (bicyclic) bond motifs is 1. The number of ether oxygens (including phenoxy) is 1. The highest BCUT2D eigenvalue weighted by Crippen LogP contribution is 2.39. The van der Waals surface area contributed by atoms with E-state index in [1.165, 1.54) is 17.4 Å². The van der Waals surface area contributed by atoms with Gasteiger partial charge in [-0.25, -0.2) is 0 Å². The SMILES string of the molecule is COc1cccc(C=CC(=O)Nc2sc3c(c2C#N)CCC(CO)C3)c1. The van der Waals surface area contributed by atoms with Crippen LogP contribution in [0.1, 0.15) is 28.0 Å².